The first kappa shape index (κ1) is 21.4. The zero-order valence-corrected chi connectivity index (χ0v) is 17.6. The van der Waals surface area contributed by atoms with Crippen LogP contribution in [0.25, 0.3) is 0 Å². The first-order valence-electron chi connectivity index (χ1n) is 9.69. The maximum atomic E-state index is 12.4. The second kappa shape index (κ2) is 10.4. The molecular weight excluding hydrogens is 386 g/mol. The number of para-hydroxylation sites is 1. The predicted octanol–water partition coefficient (Wildman–Crippen LogP) is 2.85. The Bertz CT molecular complexity index is 835. The number of hydrogen-bond donors (Lipinski definition) is 2. The van der Waals surface area contributed by atoms with Crippen LogP contribution in [0.5, 0.6) is 0 Å². The van der Waals surface area contributed by atoms with Gasteiger partial charge in [0.15, 0.2) is 0 Å². The second-order valence-electron chi connectivity index (χ2n) is 6.94. The van der Waals surface area contributed by atoms with Crippen LogP contribution in [0.3, 0.4) is 0 Å². The maximum Gasteiger partial charge on any atom is 0.313 e. The van der Waals surface area contributed by atoms with Gasteiger partial charge in [0, 0.05) is 24.5 Å². The molecule has 0 bridgehead atoms. The third kappa shape index (κ3) is 5.82. The summed E-state index contributed by atoms with van der Waals surface area (Å²) in [5.74, 6) is -1.29. The fourth-order valence-corrected chi connectivity index (χ4v) is 3.89. The number of nitrogens with zero attached hydrogens (tertiary/aromatic N) is 1. The van der Waals surface area contributed by atoms with Gasteiger partial charge in [-0.25, -0.2) is 0 Å². The fraction of sp³-hybridized carbons (Fsp3) is 0.364. The normalized spacial score (nSPS) is 15.5. The summed E-state index contributed by atoms with van der Waals surface area (Å²) in [6, 6.07) is 15.7. The topological polar surface area (TPSA) is 70.7 Å². The summed E-state index contributed by atoms with van der Waals surface area (Å²) in [4.78, 5) is 28.0. The van der Waals surface area contributed by atoms with Gasteiger partial charge in [0.1, 0.15) is 0 Å². The van der Waals surface area contributed by atoms with Crippen molar-refractivity contribution < 1.29 is 14.3 Å². The van der Waals surface area contributed by atoms with Crippen LogP contribution in [0.4, 0.5) is 5.69 Å². The Morgan fingerprint density at radius 2 is 1.76 bits per heavy atom. The largest absolute Gasteiger partial charge is 0.379 e. The minimum atomic E-state index is -0.656. The summed E-state index contributed by atoms with van der Waals surface area (Å²) in [5.41, 5.74) is 2.94. The first-order chi connectivity index (χ1) is 14.1. The lowest BCUT2D eigenvalue weighted by Gasteiger charge is -2.35. The monoisotopic (exact) mass is 413 g/mol. The second-order valence-corrected chi connectivity index (χ2v) is 7.79. The summed E-state index contributed by atoms with van der Waals surface area (Å²) in [7, 11) is 0. The minimum absolute atomic E-state index is 0.00488. The van der Waals surface area contributed by atoms with Gasteiger partial charge < -0.3 is 15.4 Å². The molecule has 2 N–H and O–H groups in total. The molecule has 0 saturated carbocycles. The van der Waals surface area contributed by atoms with Crippen molar-refractivity contribution in [2.24, 2.45) is 0 Å². The number of anilines is 1. The van der Waals surface area contributed by atoms with Crippen molar-refractivity contribution in [3.05, 3.63) is 59.7 Å². The number of benzene rings is 2. The number of carbonyl (C=O) groups is 2. The van der Waals surface area contributed by atoms with Crippen molar-refractivity contribution in [1.82, 2.24) is 10.2 Å². The van der Waals surface area contributed by atoms with Gasteiger partial charge in [0.2, 0.25) is 0 Å². The van der Waals surface area contributed by atoms with Crippen LogP contribution < -0.4 is 10.6 Å². The molecule has 0 spiro atoms. The van der Waals surface area contributed by atoms with Gasteiger partial charge >= 0.3 is 11.8 Å². The van der Waals surface area contributed by atoms with Gasteiger partial charge in [-0.15, -0.1) is 11.8 Å². The van der Waals surface area contributed by atoms with Crippen molar-refractivity contribution in [3.8, 4) is 0 Å². The molecule has 2 aromatic rings. The third-order valence-electron chi connectivity index (χ3n) is 4.97. The van der Waals surface area contributed by atoms with E-state index in [4.69, 9.17) is 4.74 Å². The van der Waals surface area contributed by atoms with Crippen molar-refractivity contribution in [3.63, 3.8) is 0 Å². The van der Waals surface area contributed by atoms with Gasteiger partial charge in [-0.1, -0.05) is 42.0 Å². The molecule has 0 aliphatic carbocycles. The predicted molar refractivity (Wildman–Crippen MR) is 116 cm³/mol. The van der Waals surface area contributed by atoms with E-state index in [2.05, 4.69) is 39.8 Å². The maximum absolute atomic E-state index is 12.4. The molecule has 7 heteroatoms. The first-order valence-corrected chi connectivity index (χ1v) is 10.9. The van der Waals surface area contributed by atoms with Crippen molar-refractivity contribution in [2.45, 2.75) is 17.9 Å². The van der Waals surface area contributed by atoms with Crippen LogP contribution in [0.1, 0.15) is 17.2 Å². The number of hydrogen-bond acceptors (Lipinski definition) is 5. The molecule has 2 amide bonds. The molecule has 1 atom stereocenters. The number of rotatable bonds is 6. The summed E-state index contributed by atoms with van der Waals surface area (Å²) >= 11 is 1.52. The molecule has 0 unspecified atom stereocenters. The molecule has 1 saturated heterocycles. The number of nitrogens with one attached hydrogen (secondary N) is 2. The Labute approximate surface area is 176 Å². The molecule has 3 rings (SSSR count). The van der Waals surface area contributed by atoms with Gasteiger partial charge in [0.05, 0.1) is 24.9 Å². The number of thioether (sulfide) groups is 1. The smallest absolute Gasteiger partial charge is 0.313 e. The van der Waals surface area contributed by atoms with E-state index in [9.17, 15) is 9.59 Å². The summed E-state index contributed by atoms with van der Waals surface area (Å²) in [6.07, 6.45) is 1.93. The highest BCUT2D eigenvalue weighted by Gasteiger charge is 2.24. The van der Waals surface area contributed by atoms with Gasteiger partial charge in [-0.3, -0.25) is 14.5 Å². The van der Waals surface area contributed by atoms with E-state index in [0.29, 0.717) is 25.4 Å². The highest BCUT2D eigenvalue weighted by molar-refractivity contribution is 7.98. The minimum Gasteiger partial charge on any atom is -0.379 e. The highest BCUT2D eigenvalue weighted by Crippen LogP contribution is 2.25. The molecule has 6 nitrogen and oxygen atoms in total. The van der Waals surface area contributed by atoms with E-state index in [1.165, 1.54) is 17.3 Å². The highest BCUT2D eigenvalue weighted by atomic mass is 32.2. The SMILES string of the molecule is CSc1ccccc1NC(=O)C(=O)NC[C@@H](c1ccc(C)cc1)N1CCOCC1. The molecule has 1 aliphatic heterocycles. The van der Waals surface area contributed by atoms with E-state index in [1.807, 2.05) is 31.4 Å². The number of aryl methyl sites for hydroxylation is 1. The number of ether oxygens (including phenoxy) is 1. The van der Waals surface area contributed by atoms with Gasteiger partial charge in [-0.05, 0) is 30.9 Å². The average Bonchev–Trinajstić information content (AvgIpc) is 2.76. The molecule has 2 aromatic carbocycles. The van der Waals surface area contributed by atoms with Crippen molar-refractivity contribution >= 4 is 29.3 Å². The number of amides is 2. The van der Waals surface area contributed by atoms with E-state index in [1.54, 1.807) is 6.07 Å². The van der Waals surface area contributed by atoms with Crippen LogP contribution in [0, 0.1) is 6.92 Å². The molecule has 1 aliphatic rings. The lowest BCUT2D eigenvalue weighted by Crippen LogP contribution is -2.45. The number of morpholine rings is 1. The summed E-state index contributed by atoms with van der Waals surface area (Å²) in [5, 5.41) is 5.52. The average molecular weight is 414 g/mol. The molecule has 154 valence electrons. The van der Waals surface area contributed by atoms with Crippen molar-refractivity contribution in [1.29, 1.82) is 0 Å². The van der Waals surface area contributed by atoms with Crippen molar-refractivity contribution in [2.75, 3.05) is 44.4 Å². The zero-order chi connectivity index (χ0) is 20.6. The Balaban J connectivity index is 1.65. The lowest BCUT2D eigenvalue weighted by atomic mass is 10.0. The van der Waals surface area contributed by atoms with Crippen LogP contribution in [0.2, 0.25) is 0 Å². The molecule has 0 aromatic heterocycles. The molecular formula is C22H27N3O3S. The lowest BCUT2D eigenvalue weighted by molar-refractivity contribution is -0.136. The fourth-order valence-electron chi connectivity index (χ4n) is 3.33. The Morgan fingerprint density at radius 1 is 1.07 bits per heavy atom. The van der Waals surface area contributed by atoms with E-state index >= 15 is 0 Å². The molecule has 1 heterocycles. The van der Waals surface area contributed by atoms with Crippen LogP contribution >= 0.6 is 11.8 Å². The Hall–Kier alpha value is -2.35. The van der Waals surface area contributed by atoms with Crippen LogP contribution in [-0.2, 0) is 14.3 Å². The third-order valence-corrected chi connectivity index (χ3v) is 5.76. The van der Waals surface area contributed by atoms with Crippen LogP contribution in [0.15, 0.2) is 53.4 Å². The number of carbonyl (C=O) groups excluding carboxylic acids is 2. The van der Waals surface area contributed by atoms with Gasteiger partial charge in [0.25, 0.3) is 0 Å². The summed E-state index contributed by atoms with van der Waals surface area (Å²) < 4.78 is 5.46. The van der Waals surface area contributed by atoms with E-state index in [0.717, 1.165) is 23.5 Å². The van der Waals surface area contributed by atoms with Gasteiger partial charge in [-0.2, -0.15) is 0 Å². The standard InChI is InChI=1S/C22H27N3O3S/c1-16-7-9-17(10-8-16)19(25-11-13-28-14-12-25)15-23-21(26)22(27)24-18-5-3-4-6-20(18)29-2/h3-10,19H,11-15H2,1-2H3,(H,23,26)(H,24,27)/t19-/m0/s1. The molecule has 1 fully saturated rings. The Kier molecular flexibility index (Phi) is 7.69. The zero-order valence-electron chi connectivity index (χ0n) is 16.8. The van der Waals surface area contributed by atoms with E-state index < -0.39 is 11.8 Å². The summed E-state index contributed by atoms with van der Waals surface area (Å²) in [6.45, 7) is 5.33. The van der Waals surface area contributed by atoms with Crippen LogP contribution in [-0.4, -0.2) is 55.8 Å². The van der Waals surface area contributed by atoms with E-state index in [-0.39, 0.29) is 6.04 Å². The Morgan fingerprint density at radius 3 is 2.45 bits per heavy atom. The quantitative estimate of drug-likeness (QED) is 0.563. The molecule has 0 radical (unpaired) electrons. The molecule has 29 heavy (non-hydrogen) atoms.